The van der Waals surface area contributed by atoms with E-state index in [0.717, 1.165) is 0 Å². The molecule has 0 aromatic rings. The van der Waals surface area contributed by atoms with Crippen LogP contribution >= 0.6 is 0 Å². The molecule has 1 rings (SSSR count). The highest BCUT2D eigenvalue weighted by Crippen LogP contribution is 2.30. The molecule has 96 valence electrons. The monoisotopic (exact) mass is 236 g/mol. The van der Waals surface area contributed by atoms with Gasteiger partial charge in [-0.15, -0.1) is 0 Å². The molecule has 1 fully saturated rings. The molecule has 0 amide bonds. The predicted molar refractivity (Wildman–Crippen MR) is 55.0 cm³/mol. The topological polar surface area (TPSA) is 77.4 Å². The molecule has 0 spiro atoms. The van der Waals surface area contributed by atoms with Crippen LogP contribution in [0, 0.1) is 0 Å². The third-order valence-electron chi connectivity index (χ3n) is 2.82. The zero-order valence-electron chi connectivity index (χ0n) is 10.0. The molecule has 1 heterocycles. The number of rotatable bonds is 4. The largest absolute Gasteiger partial charge is 0.385 e. The van der Waals surface area contributed by atoms with Crippen molar-refractivity contribution < 1.29 is 29.2 Å². The van der Waals surface area contributed by atoms with Gasteiger partial charge in [-0.2, -0.15) is 0 Å². The quantitative estimate of drug-likeness (QED) is 0.661. The van der Waals surface area contributed by atoms with Crippen LogP contribution < -0.4 is 0 Å². The standard InChI is InChI=1S/C10H20O6/c1-10(12)9(11)8(15-4)7(14-3)6(16-10)5-13-2/h6-9,11-12H,5H2,1-4H3/t6-,7+,8+,9-,10-/m1/s1. The minimum absolute atomic E-state index is 0.251. The lowest BCUT2D eigenvalue weighted by Gasteiger charge is -2.46. The van der Waals surface area contributed by atoms with E-state index in [4.69, 9.17) is 18.9 Å². The van der Waals surface area contributed by atoms with E-state index in [1.807, 2.05) is 0 Å². The lowest BCUT2D eigenvalue weighted by Crippen LogP contribution is -2.65. The van der Waals surface area contributed by atoms with Crippen molar-refractivity contribution in [2.75, 3.05) is 27.9 Å². The van der Waals surface area contributed by atoms with Crippen molar-refractivity contribution in [3.63, 3.8) is 0 Å². The number of hydrogen-bond acceptors (Lipinski definition) is 6. The van der Waals surface area contributed by atoms with E-state index in [0.29, 0.717) is 0 Å². The minimum atomic E-state index is -1.67. The zero-order chi connectivity index (χ0) is 12.3. The van der Waals surface area contributed by atoms with Gasteiger partial charge in [0, 0.05) is 21.3 Å². The summed E-state index contributed by atoms with van der Waals surface area (Å²) < 4.78 is 20.7. The normalized spacial score (nSPS) is 44.6. The van der Waals surface area contributed by atoms with Gasteiger partial charge in [-0.05, 0) is 6.92 Å². The van der Waals surface area contributed by atoms with Gasteiger partial charge < -0.3 is 29.2 Å². The summed E-state index contributed by atoms with van der Waals surface area (Å²) in [4.78, 5) is 0. The zero-order valence-corrected chi connectivity index (χ0v) is 10.0. The minimum Gasteiger partial charge on any atom is -0.385 e. The molecule has 1 saturated heterocycles. The molecule has 16 heavy (non-hydrogen) atoms. The summed E-state index contributed by atoms with van der Waals surface area (Å²) in [6.45, 7) is 1.64. The highest BCUT2D eigenvalue weighted by molar-refractivity contribution is 4.95. The molecular formula is C10H20O6. The fourth-order valence-corrected chi connectivity index (χ4v) is 1.98. The summed E-state index contributed by atoms with van der Waals surface area (Å²) >= 11 is 0. The summed E-state index contributed by atoms with van der Waals surface area (Å²) in [5.41, 5.74) is 0. The summed E-state index contributed by atoms with van der Waals surface area (Å²) in [7, 11) is 4.47. The number of methoxy groups -OCH3 is 3. The molecule has 6 heteroatoms. The molecule has 1 aliphatic rings. The molecule has 0 aliphatic carbocycles. The molecule has 0 saturated carbocycles. The van der Waals surface area contributed by atoms with Crippen LogP contribution in [-0.2, 0) is 18.9 Å². The maximum absolute atomic E-state index is 9.89. The molecule has 0 bridgehead atoms. The Kier molecular flexibility index (Phi) is 4.66. The van der Waals surface area contributed by atoms with Gasteiger partial charge in [-0.3, -0.25) is 0 Å². The molecule has 5 atom stereocenters. The SMILES string of the molecule is COC[C@H]1O[C@@](C)(O)[C@H](O)[C@@H](OC)[C@H]1OC. The van der Waals surface area contributed by atoms with Crippen LogP contribution in [0.3, 0.4) is 0 Å². The van der Waals surface area contributed by atoms with E-state index < -0.39 is 30.2 Å². The van der Waals surface area contributed by atoms with Crippen LogP contribution in [0.15, 0.2) is 0 Å². The van der Waals surface area contributed by atoms with Crippen LogP contribution in [0.25, 0.3) is 0 Å². The Balaban J connectivity index is 2.87. The smallest absolute Gasteiger partial charge is 0.192 e. The summed E-state index contributed by atoms with van der Waals surface area (Å²) in [6, 6.07) is 0. The Morgan fingerprint density at radius 1 is 1.19 bits per heavy atom. The molecule has 6 nitrogen and oxygen atoms in total. The van der Waals surface area contributed by atoms with Gasteiger partial charge in [-0.25, -0.2) is 0 Å². The van der Waals surface area contributed by atoms with Crippen molar-refractivity contribution in [2.45, 2.75) is 37.1 Å². The lowest BCUT2D eigenvalue weighted by molar-refractivity contribution is -0.347. The third kappa shape index (κ3) is 2.53. The summed E-state index contributed by atoms with van der Waals surface area (Å²) in [5, 5.41) is 19.8. The van der Waals surface area contributed by atoms with Crippen molar-refractivity contribution in [3.05, 3.63) is 0 Å². The van der Waals surface area contributed by atoms with Gasteiger partial charge in [-0.1, -0.05) is 0 Å². The van der Waals surface area contributed by atoms with E-state index >= 15 is 0 Å². The second-order valence-corrected chi connectivity index (χ2v) is 4.01. The number of aliphatic hydroxyl groups excluding tert-OH is 1. The molecule has 0 radical (unpaired) electrons. The second kappa shape index (κ2) is 5.39. The first-order valence-corrected chi connectivity index (χ1v) is 5.10. The van der Waals surface area contributed by atoms with Gasteiger partial charge in [0.15, 0.2) is 5.79 Å². The van der Waals surface area contributed by atoms with Crippen LogP contribution in [0.4, 0.5) is 0 Å². The average molecular weight is 236 g/mol. The number of hydrogen-bond donors (Lipinski definition) is 2. The first-order valence-electron chi connectivity index (χ1n) is 5.10. The first kappa shape index (κ1) is 13.8. The Morgan fingerprint density at radius 2 is 1.75 bits per heavy atom. The molecule has 0 aromatic heterocycles. The van der Waals surface area contributed by atoms with Gasteiger partial charge >= 0.3 is 0 Å². The lowest BCUT2D eigenvalue weighted by atomic mass is 9.93. The Bertz CT molecular complexity index is 219. The third-order valence-corrected chi connectivity index (χ3v) is 2.82. The van der Waals surface area contributed by atoms with E-state index in [1.54, 1.807) is 0 Å². The highest BCUT2D eigenvalue weighted by atomic mass is 16.7. The molecule has 1 aliphatic heterocycles. The van der Waals surface area contributed by atoms with Gasteiger partial charge in [0.2, 0.25) is 0 Å². The van der Waals surface area contributed by atoms with Crippen LogP contribution in [0.1, 0.15) is 6.92 Å². The average Bonchev–Trinajstić information content (AvgIpc) is 2.22. The van der Waals surface area contributed by atoms with Crippen molar-refractivity contribution in [1.29, 1.82) is 0 Å². The van der Waals surface area contributed by atoms with Crippen LogP contribution in [0.2, 0.25) is 0 Å². The van der Waals surface area contributed by atoms with Gasteiger partial charge in [0.05, 0.1) is 6.61 Å². The summed E-state index contributed by atoms with van der Waals surface area (Å²) in [5.74, 6) is -1.67. The molecule has 0 unspecified atom stereocenters. The number of ether oxygens (including phenoxy) is 4. The maximum atomic E-state index is 9.89. The van der Waals surface area contributed by atoms with E-state index in [9.17, 15) is 10.2 Å². The highest BCUT2D eigenvalue weighted by Gasteiger charge is 2.51. The maximum Gasteiger partial charge on any atom is 0.192 e. The van der Waals surface area contributed by atoms with Crippen molar-refractivity contribution >= 4 is 0 Å². The number of aliphatic hydroxyl groups is 2. The molecule has 2 N–H and O–H groups in total. The summed E-state index contributed by atoms with van der Waals surface area (Å²) in [6.07, 6.45) is -2.80. The Labute approximate surface area is 95.1 Å². The fraction of sp³-hybridized carbons (Fsp3) is 1.00. The second-order valence-electron chi connectivity index (χ2n) is 4.01. The van der Waals surface area contributed by atoms with E-state index in [-0.39, 0.29) is 6.61 Å². The fourth-order valence-electron chi connectivity index (χ4n) is 1.98. The van der Waals surface area contributed by atoms with Crippen LogP contribution in [0.5, 0.6) is 0 Å². The molecular weight excluding hydrogens is 216 g/mol. The van der Waals surface area contributed by atoms with Gasteiger partial charge in [0.25, 0.3) is 0 Å². The predicted octanol–water partition coefficient (Wildman–Crippen LogP) is -0.869. The Hall–Kier alpha value is -0.240. The van der Waals surface area contributed by atoms with Crippen LogP contribution in [-0.4, -0.2) is 68.4 Å². The van der Waals surface area contributed by atoms with E-state index in [2.05, 4.69) is 0 Å². The van der Waals surface area contributed by atoms with Crippen molar-refractivity contribution in [1.82, 2.24) is 0 Å². The van der Waals surface area contributed by atoms with E-state index in [1.165, 1.54) is 28.3 Å². The van der Waals surface area contributed by atoms with Crippen molar-refractivity contribution in [2.24, 2.45) is 0 Å². The van der Waals surface area contributed by atoms with Crippen molar-refractivity contribution in [3.8, 4) is 0 Å². The van der Waals surface area contributed by atoms with Gasteiger partial charge in [0.1, 0.15) is 24.4 Å². The Morgan fingerprint density at radius 3 is 2.19 bits per heavy atom. The molecule has 0 aromatic carbocycles. The first-order chi connectivity index (χ1) is 7.47.